The van der Waals surface area contributed by atoms with Crippen LogP contribution in [-0.4, -0.2) is 37.1 Å². The molecule has 2 fully saturated rings. The van der Waals surface area contributed by atoms with E-state index < -0.39 is 29.1 Å². The van der Waals surface area contributed by atoms with Gasteiger partial charge < -0.3 is 14.6 Å². The van der Waals surface area contributed by atoms with Crippen LogP contribution in [0.2, 0.25) is 0 Å². The number of anilines is 1. The molecule has 0 unspecified atom stereocenters. The van der Waals surface area contributed by atoms with Crippen molar-refractivity contribution in [2.75, 3.05) is 5.32 Å². The Labute approximate surface area is 191 Å². The lowest BCUT2D eigenvalue weighted by atomic mass is 9.64. The quantitative estimate of drug-likeness (QED) is 0.539. The van der Waals surface area contributed by atoms with Gasteiger partial charge in [-0.2, -0.15) is 13.2 Å². The summed E-state index contributed by atoms with van der Waals surface area (Å²) in [4.78, 5) is 22.3. The van der Waals surface area contributed by atoms with Gasteiger partial charge in [0, 0.05) is 30.6 Å². The van der Waals surface area contributed by atoms with Crippen LogP contribution < -0.4 is 5.32 Å². The number of aryl methyl sites for hydroxylation is 1. The Hall–Kier alpha value is -3.57. The average Bonchev–Trinajstić information content (AvgIpc) is 3.19. The molecule has 3 atom stereocenters. The van der Waals surface area contributed by atoms with Crippen molar-refractivity contribution in [2.24, 2.45) is 5.92 Å². The molecule has 2 bridgehead atoms. The predicted molar refractivity (Wildman–Crippen MR) is 111 cm³/mol. The molecule has 34 heavy (non-hydrogen) atoms. The van der Waals surface area contributed by atoms with E-state index in [1.807, 2.05) is 0 Å². The SMILES string of the molecule is Cc1nnc([C@@]23C[C@@H](C)C[C@@H](C2)N3C(=O)Nc2ccc(C(F)(F)F)c(-c3ncc(F)cn3)c2)o1. The van der Waals surface area contributed by atoms with E-state index in [1.54, 1.807) is 11.8 Å². The van der Waals surface area contributed by atoms with E-state index in [-0.39, 0.29) is 23.1 Å². The maximum atomic E-state index is 13.6. The highest BCUT2D eigenvalue weighted by atomic mass is 19.4. The maximum absolute atomic E-state index is 13.6. The summed E-state index contributed by atoms with van der Waals surface area (Å²) in [6.45, 7) is 3.76. The van der Waals surface area contributed by atoms with Crippen LogP contribution in [0.25, 0.3) is 11.4 Å². The minimum Gasteiger partial charge on any atom is -0.423 e. The number of halogens is 4. The number of piperidine rings is 1. The topological polar surface area (TPSA) is 97.0 Å². The van der Waals surface area contributed by atoms with Gasteiger partial charge in [-0.3, -0.25) is 0 Å². The smallest absolute Gasteiger partial charge is 0.417 e. The molecule has 5 rings (SSSR count). The second-order valence-corrected chi connectivity index (χ2v) is 8.84. The van der Waals surface area contributed by atoms with Gasteiger partial charge in [0.25, 0.3) is 0 Å². The lowest BCUT2D eigenvalue weighted by Gasteiger charge is -2.61. The summed E-state index contributed by atoms with van der Waals surface area (Å²) in [6.07, 6.45) is -1.02. The van der Waals surface area contributed by atoms with Gasteiger partial charge in [0.05, 0.1) is 18.0 Å². The number of hydrogen-bond acceptors (Lipinski definition) is 6. The van der Waals surface area contributed by atoms with E-state index in [2.05, 4.69) is 32.4 Å². The minimum atomic E-state index is -4.69. The third-order valence-electron chi connectivity index (χ3n) is 6.34. The van der Waals surface area contributed by atoms with Gasteiger partial charge >= 0.3 is 12.2 Å². The molecule has 0 spiro atoms. The molecular formula is C22H20F4N6O2. The normalized spacial score (nSPS) is 24.0. The lowest BCUT2D eigenvalue weighted by molar-refractivity contribution is -0.137. The molecule has 3 aromatic rings. The highest BCUT2D eigenvalue weighted by molar-refractivity contribution is 5.92. The molecule has 1 saturated heterocycles. The number of carbonyl (C=O) groups excluding carboxylic acids is 1. The molecule has 1 aliphatic carbocycles. The van der Waals surface area contributed by atoms with Gasteiger partial charge in [0.2, 0.25) is 11.8 Å². The summed E-state index contributed by atoms with van der Waals surface area (Å²) in [7, 11) is 0. The molecule has 0 radical (unpaired) electrons. The second-order valence-electron chi connectivity index (χ2n) is 8.84. The zero-order valence-electron chi connectivity index (χ0n) is 18.2. The molecule has 12 heteroatoms. The summed E-state index contributed by atoms with van der Waals surface area (Å²) in [6, 6.07) is 2.61. The molecule has 3 heterocycles. The summed E-state index contributed by atoms with van der Waals surface area (Å²) >= 11 is 0. The summed E-state index contributed by atoms with van der Waals surface area (Å²) in [5.41, 5.74) is -1.99. The fourth-order valence-electron chi connectivity index (χ4n) is 5.12. The first-order valence-electron chi connectivity index (χ1n) is 10.7. The number of nitrogens with one attached hydrogen (secondary N) is 1. The second kappa shape index (κ2) is 7.74. The molecule has 1 N–H and O–H groups in total. The van der Waals surface area contributed by atoms with E-state index >= 15 is 0 Å². The number of urea groups is 1. The van der Waals surface area contributed by atoms with E-state index in [0.29, 0.717) is 30.5 Å². The molecule has 2 aliphatic rings. The van der Waals surface area contributed by atoms with E-state index in [0.717, 1.165) is 37.0 Å². The zero-order chi connectivity index (χ0) is 24.3. The number of rotatable bonds is 3. The predicted octanol–water partition coefficient (Wildman–Crippen LogP) is 4.92. The number of benzene rings is 1. The number of amides is 2. The number of likely N-dealkylation sites (tertiary alicyclic amines) is 1. The van der Waals surface area contributed by atoms with Crippen molar-refractivity contribution in [1.29, 1.82) is 0 Å². The maximum Gasteiger partial charge on any atom is 0.417 e. The van der Waals surface area contributed by atoms with Crippen LogP contribution in [0.5, 0.6) is 0 Å². The Bertz CT molecular complexity index is 1240. The Morgan fingerprint density at radius 2 is 1.94 bits per heavy atom. The van der Waals surface area contributed by atoms with Crippen LogP contribution >= 0.6 is 0 Å². The molecule has 1 aromatic carbocycles. The first-order valence-corrected chi connectivity index (χ1v) is 10.7. The number of hydrogen-bond donors (Lipinski definition) is 1. The van der Waals surface area contributed by atoms with E-state index in [4.69, 9.17) is 4.42 Å². The first-order chi connectivity index (χ1) is 16.1. The largest absolute Gasteiger partial charge is 0.423 e. The average molecular weight is 476 g/mol. The fraction of sp³-hybridized carbons (Fsp3) is 0.409. The number of carbonyl (C=O) groups is 1. The lowest BCUT2D eigenvalue weighted by Crippen LogP contribution is -2.70. The Morgan fingerprint density at radius 3 is 2.59 bits per heavy atom. The third kappa shape index (κ3) is 3.66. The minimum absolute atomic E-state index is 0.0506. The van der Waals surface area contributed by atoms with Crippen LogP contribution in [-0.2, 0) is 11.7 Å². The molecule has 1 saturated carbocycles. The van der Waals surface area contributed by atoms with Gasteiger partial charge in [-0.05, 0) is 37.0 Å². The van der Waals surface area contributed by atoms with Crippen LogP contribution in [0.1, 0.15) is 43.5 Å². The monoisotopic (exact) mass is 476 g/mol. The Morgan fingerprint density at radius 1 is 1.21 bits per heavy atom. The van der Waals surface area contributed by atoms with Crippen molar-refractivity contribution in [3.8, 4) is 11.4 Å². The van der Waals surface area contributed by atoms with Gasteiger partial charge in [0.1, 0.15) is 5.54 Å². The molecular weight excluding hydrogens is 456 g/mol. The molecule has 8 nitrogen and oxygen atoms in total. The number of aromatic nitrogens is 4. The fourth-order valence-corrected chi connectivity index (χ4v) is 5.12. The zero-order valence-corrected chi connectivity index (χ0v) is 18.2. The number of alkyl halides is 3. The van der Waals surface area contributed by atoms with Gasteiger partial charge in [-0.1, -0.05) is 6.92 Å². The summed E-state index contributed by atoms with van der Waals surface area (Å²) in [5, 5.41) is 10.7. The van der Waals surface area contributed by atoms with Crippen molar-refractivity contribution in [3.63, 3.8) is 0 Å². The third-order valence-corrected chi connectivity index (χ3v) is 6.34. The van der Waals surface area contributed by atoms with Gasteiger partial charge in [0.15, 0.2) is 11.6 Å². The van der Waals surface area contributed by atoms with Crippen LogP contribution in [0.4, 0.5) is 28.0 Å². The van der Waals surface area contributed by atoms with Gasteiger partial charge in [-0.15, -0.1) is 10.2 Å². The molecule has 2 amide bonds. The number of nitrogens with zero attached hydrogens (tertiary/aromatic N) is 5. The van der Waals surface area contributed by atoms with Crippen LogP contribution in [0.15, 0.2) is 35.0 Å². The van der Waals surface area contributed by atoms with E-state index in [9.17, 15) is 22.4 Å². The summed E-state index contributed by atoms with van der Waals surface area (Å²) < 4.78 is 59.6. The van der Waals surface area contributed by atoms with Crippen LogP contribution in [0, 0.1) is 18.7 Å². The van der Waals surface area contributed by atoms with Crippen molar-refractivity contribution < 1.29 is 26.8 Å². The van der Waals surface area contributed by atoms with E-state index in [1.165, 1.54) is 0 Å². The standard InChI is InChI=1S/C22H20F4N6O2/c1-11-5-15-8-21(7-11,19-31-30-12(2)34-19)32(15)20(33)29-14-3-4-17(22(24,25)26)16(6-14)18-27-9-13(23)10-28-18/h3-4,6,9-11,15H,5,7-8H2,1-2H3,(H,29,33)/t11-,15-,21+/m0/s1. The summed E-state index contributed by atoms with van der Waals surface area (Å²) in [5.74, 6) is -0.00341. The molecule has 2 aromatic heterocycles. The molecule has 178 valence electrons. The van der Waals surface area contributed by atoms with Crippen molar-refractivity contribution >= 4 is 11.7 Å². The van der Waals surface area contributed by atoms with Crippen molar-refractivity contribution in [3.05, 3.63) is 53.8 Å². The van der Waals surface area contributed by atoms with Crippen LogP contribution in [0.3, 0.4) is 0 Å². The first kappa shape index (κ1) is 22.2. The highest BCUT2D eigenvalue weighted by Crippen LogP contribution is 2.55. The van der Waals surface area contributed by atoms with Crippen molar-refractivity contribution in [1.82, 2.24) is 25.1 Å². The Balaban J connectivity index is 1.47. The number of fused-ring (bicyclic) bond motifs is 2. The van der Waals surface area contributed by atoms with Gasteiger partial charge in [-0.25, -0.2) is 19.2 Å². The molecule has 1 aliphatic heterocycles. The van der Waals surface area contributed by atoms with Crippen molar-refractivity contribution in [2.45, 2.75) is 50.9 Å². The Kier molecular flexibility index (Phi) is 5.06. The highest BCUT2D eigenvalue weighted by Gasteiger charge is 2.62.